The second-order valence-electron chi connectivity index (χ2n) is 6.84. The molecule has 3 rings (SSSR count). The van der Waals surface area contributed by atoms with Gasteiger partial charge in [0.05, 0.1) is 23.3 Å². The van der Waals surface area contributed by atoms with Crippen molar-refractivity contribution < 1.29 is 4.79 Å². The van der Waals surface area contributed by atoms with Gasteiger partial charge in [-0.25, -0.2) is 0 Å². The highest BCUT2D eigenvalue weighted by atomic mass is 16.2. The molecule has 1 fully saturated rings. The van der Waals surface area contributed by atoms with E-state index in [4.69, 9.17) is 0 Å². The molecule has 1 aliphatic carbocycles. The van der Waals surface area contributed by atoms with Crippen LogP contribution in [-0.2, 0) is 11.8 Å². The van der Waals surface area contributed by atoms with Crippen LogP contribution < -0.4 is 0 Å². The third-order valence-corrected chi connectivity index (χ3v) is 5.10. The van der Waals surface area contributed by atoms with Crippen LogP contribution in [0, 0.1) is 13.8 Å². The summed E-state index contributed by atoms with van der Waals surface area (Å²) in [6.45, 7) is 8.09. The van der Waals surface area contributed by atoms with Crippen molar-refractivity contribution in [3.8, 4) is 0 Å². The normalized spacial score (nSPS) is 16.7. The average Bonchev–Trinajstić information content (AvgIpc) is 3.36. The summed E-state index contributed by atoms with van der Waals surface area (Å²) in [4.78, 5) is 19.8. The van der Waals surface area contributed by atoms with E-state index in [9.17, 15) is 4.79 Å². The van der Waals surface area contributed by atoms with E-state index in [1.165, 1.54) is 0 Å². The summed E-state index contributed by atoms with van der Waals surface area (Å²) < 4.78 is 1.86. The second kappa shape index (κ2) is 6.38. The lowest BCUT2D eigenvalue weighted by atomic mass is 9.96. The lowest BCUT2D eigenvalue weighted by Crippen LogP contribution is -2.38. The molecule has 5 nitrogen and oxygen atoms in total. The van der Waals surface area contributed by atoms with Crippen molar-refractivity contribution in [2.24, 2.45) is 7.05 Å². The summed E-state index contributed by atoms with van der Waals surface area (Å²) in [6.07, 6.45) is 3.96. The molecule has 0 spiro atoms. The van der Waals surface area contributed by atoms with E-state index in [0.717, 1.165) is 35.5 Å². The maximum atomic E-state index is 13.3. The first-order valence-corrected chi connectivity index (χ1v) is 8.65. The lowest BCUT2D eigenvalue weighted by molar-refractivity contribution is -0.135. The Morgan fingerprint density at radius 3 is 2.50 bits per heavy atom. The van der Waals surface area contributed by atoms with Crippen LogP contribution in [0.3, 0.4) is 0 Å². The van der Waals surface area contributed by atoms with E-state index in [0.29, 0.717) is 6.04 Å². The van der Waals surface area contributed by atoms with Crippen molar-refractivity contribution in [2.45, 2.75) is 58.5 Å². The van der Waals surface area contributed by atoms with Crippen molar-refractivity contribution in [3.05, 3.63) is 47.0 Å². The molecule has 1 amide bonds. The van der Waals surface area contributed by atoms with Gasteiger partial charge in [-0.2, -0.15) is 5.10 Å². The molecule has 128 valence electrons. The van der Waals surface area contributed by atoms with Crippen LogP contribution >= 0.6 is 0 Å². The molecule has 0 radical (unpaired) electrons. The Bertz CT molecular complexity index is 733. The van der Waals surface area contributed by atoms with Gasteiger partial charge in [0.25, 0.3) is 0 Å². The highest BCUT2D eigenvalue weighted by molar-refractivity contribution is 5.84. The Balaban J connectivity index is 1.90. The predicted octanol–water partition coefficient (Wildman–Crippen LogP) is 3.29. The number of aromatic nitrogens is 3. The molecule has 2 aromatic heterocycles. The van der Waals surface area contributed by atoms with Crippen LogP contribution in [0.15, 0.2) is 24.4 Å². The van der Waals surface area contributed by atoms with E-state index in [1.807, 2.05) is 55.6 Å². The summed E-state index contributed by atoms with van der Waals surface area (Å²) in [6, 6.07) is 6.22. The molecule has 2 unspecified atom stereocenters. The van der Waals surface area contributed by atoms with Gasteiger partial charge in [0, 0.05) is 30.5 Å². The standard InChI is InChI=1S/C19H26N4O/c1-12(18-13(2)21-22(5)15(18)4)19(24)23(16-9-10-16)14(3)17-8-6-7-11-20-17/h6-8,11-12,14,16H,9-10H2,1-5H3. The molecule has 2 heterocycles. The van der Waals surface area contributed by atoms with Crippen molar-refractivity contribution in [3.63, 3.8) is 0 Å². The van der Waals surface area contributed by atoms with E-state index < -0.39 is 0 Å². The number of nitrogens with zero attached hydrogens (tertiary/aromatic N) is 4. The smallest absolute Gasteiger partial charge is 0.230 e. The van der Waals surface area contributed by atoms with Crippen LogP contribution in [0.25, 0.3) is 0 Å². The van der Waals surface area contributed by atoms with E-state index >= 15 is 0 Å². The van der Waals surface area contributed by atoms with Crippen molar-refractivity contribution in [1.29, 1.82) is 0 Å². The maximum Gasteiger partial charge on any atom is 0.230 e. The van der Waals surface area contributed by atoms with Gasteiger partial charge in [-0.05, 0) is 52.7 Å². The van der Waals surface area contributed by atoms with Crippen molar-refractivity contribution in [2.75, 3.05) is 0 Å². The lowest BCUT2D eigenvalue weighted by Gasteiger charge is -2.31. The Kier molecular flexibility index (Phi) is 4.43. The number of hydrogen-bond acceptors (Lipinski definition) is 3. The molecule has 0 saturated heterocycles. The van der Waals surface area contributed by atoms with Crippen molar-refractivity contribution in [1.82, 2.24) is 19.7 Å². The van der Waals surface area contributed by atoms with Gasteiger partial charge in [0.2, 0.25) is 5.91 Å². The highest BCUT2D eigenvalue weighted by Crippen LogP contribution is 2.37. The SMILES string of the molecule is Cc1nn(C)c(C)c1C(C)C(=O)N(C1CC1)C(C)c1ccccn1. The van der Waals surface area contributed by atoms with Gasteiger partial charge in [-0.3, -0.25) is 14.5 Å². The second-order valence-corrected chi connectivity index (χ2v) is 6.84. The first-order chi connectivity index (χ1) is 11.4. The van der Waals surface area contributed by atoms with Gasteiger partial charge in [0.1, 0.15) is 0 Å². The molecule has 1 aliphatic rings. The fourth-order valence-corrected chi connectivity index (χ4v) is 3.57. The zero-order valence-corrected chi connectivity index (χ0v) is 15.2. The number of aryl methyl sites for hydroxylation is 2. The van der Waals surface area contributed by atoms with Gasteiger partial charge < -0.3 is 4.90 Å². The molecular weight excluding hydrogens is 300 g/mol. The monoisotopic (exact) mass is 326 g/mol. The molecule has 0 aromatic carbocycles. The van der Waals surface area contributed by atoms with Gasteiger partial charge >= 0.3 is 0 Å². The van der Waals surface area contributed by atoms with Crippen LogP contribution in [0.1, 0.15) is 61.3 Å². The Morgan fingerprint density at radius 1 is 1.29 bits per heavy atom. The highest BCUT2D eigenvalue weighted by Gasteiger charge is 2.39. The summed E-state index contributed by atoms with van der Waals surface area (Å²) in [5.74, 6) is -0.0136. The third-order valence-electron chi connectivity index (χ3n) is 5.10. The van der Waals surface area contributed by atoms with E-state index in [1.54, 1.807) is 6.20 Å². The molecule has 24 heavy (non-hydrogen) atoms. The van der Waals surface area contributed by atoms with Gasteiger partial charge in [-0.15, -0.1) is 0 Å². The Morgan fingerprint density at radius 2 is 2.00 bits per heavy atom. The van der Waals surface area contributed by atoms with E-state index in [2.05, 4.69) is 17.0 Å². The van der Waals surface area contributed by atoms with Gasteiger partial charge in [0.15, 0.2) is 0 Å². The maximum absolute atomic E-state index is 13.3. The molecule has 1 saturated carbocycles. The molecule has 2 aromatic rings. The number of rotatable bonds is 5. The minimum Gasteiger partial charge on any atom is -0.331 e. The third kappa shape index (κ3) is 2.95. The first kappa shape index (κ1) is 16.7. The minimum atomic E-state index is -0.189. The number of pyridine rings is 1. The number of hydrogen-bond donors (Lipinski definition) is 0. The molecule has 2 atom stereocenters. The Hall–Kier alpha value is -2.17. The molecule has 0 aliphatic heterocycles. The Labute approximate surface area is 143 Å². The van der Waals surface area contributed by atoms with Crippen LogP contribution in [-0.4, -0.2) is 31.6 Å². The van der Waals surface area contributed by atoms with Crippen LogP contribution in [0.2, 0.25) is 0 Å². The largest absolute Gasteiger partial charge is 0.331 e. The van der Waals surface area contributed by atoms with Gasteiger partial charge in [-0.1, -0.05) is 6.07 Å². The number of carbonyl (C=O) groups excluding carboxylic acids is 1. The first-order valence-electron chi connectivity index (χ1n) is 8.65. The zero-order valence-electron chi connectivity index (χ0n) is 15.2. The minimum absolute atomic E-state index is 0.00839. The number of carbonyl (C=O) groups is 1. The fourth-order valence-electron chi connectivity index (χ4n) is 3.57. The predicted molar refractivity (Wildman–Crippen MR) is 93.6 cm³/mol. The summed E-state index contributed by atoms with van der Waals surface area (Å²) in [5, 5.41) is 4.47. The zero-order chi connectivity index (χ0) is 17.4. The van der Waals surface area contributed by atoms with Crippen LogP contribution in [0.4, 0.5) is 0 Å². The molecular formula is C19H26N4O. The fraction of sp³-hybridized carbons (Fsp3) is 0.526. The number of amides is 1. The van der Waals surface area contributed by atoms with Crippen LogP contribution in [0.5, 0.6) is 0 Å². The van der Waals surface area contributed by atoms with Crippen molar-refractivity contribution >= 4 is 5.91 Å². The average molecular weight is 326 g/mol. The van der Waals surface area contributed by atoms with E-state index in [-0.39, 0.29) is 17.9 Å². The topological polar surface area (TPSA) is 51.0 Å². The molecule has 0 bridgehead atoms. The summed E-state index contributed by atoms with van der Waals surface area (Å²) in [7, 11) is 1.93. The summed E-state index contributed by atoms with van der Waals surface area (Å²) >= 11 is 0. The molecule has 5 heteroatoms. The quantitative estimate of drug-likeness (QED) is 0.847. The molecule has 0 N–H and O–H groups in total. The summed E-state index contributed by atoms with van der Waals surface area (Å²) in [5.41, 5.74) is 4.01.